The number of amides is 1. The van der Waals surface area contributed by atoms with Crippen LogP contribution in [0, 0.1) is 5.92 Å². The van der Waals surface area contributed by atoms with Gasteiger partial charge >= 0.3 is 6.09 Å². The second-order valence-corrected chi connectivity index (χ2v) is 4.89. The van der Waals surface area contributed by atoms with E-state index in [1.807, 2.05) is 0 Å². The van der Waals surface area contributed by atoms with Crippen LogP contribution in [0.15, 0.2) is 0 Å². The van der Waals surface area contributed by atoms with E-state index >= 15 is 0 Å². The summed E-state index contributed by atoms with van der Waals surface area (Å²) in [6.45, 7) is 3.82. The Balaban J connectivity index is 2.26. The van der Waals surface area contributed by atoms with Gasteiger partial charge in [0.05, 0.1) is 11.9 Å². The molecule has 17 heavy (non-hydrogen) atoms. The fourth-order valence-electron chi connectivity index (χ4n) is 1.89. The quantitative estimate of drug-likeness (QED) is 0.579. The van der Waals surface area contributed by atoms with E-state index in [-0.39, 0.29) is 17.8 Å². The molecule has 0 spiro atoms. The third-order valence-electron chi connectivity index (χ3n) is 3.06. The summed E-state index contributed by atoms with van der Waals surface area (Å²) in [5, 5.41) is 0.415. The number of carbonyl (C=O) groups is 2. The summed E-state index contributed by atoms with van der Waals surface area (Å²) in [5.74, 6) is 0.345. The van der Waals surface area contributed by atoms with Crippen LogP contribution in [0.3, 0.4) is 0 Å². The number of halogens is 1. The van der Waals surface area contributed by atoms with Crippen molar-refractivity contribution in [3.63, 3.8) is 0 Å². The van der Waals surface area contributed by atoms with Crippen LogP contribution in [0.4, 0.5) is 4.79 Å². The summed E-state index contributed by atoms with van der Waals surface area (Å²) in [6, 6.07) is 0. The lowest BCUT2D eigenvalue weighted by Crippen LogP contribution is -2.40. The van der Waals surface area contributed by atoms with Crippen LogP contribution in [-0.2, 0) is 9.53 Å². The van der Waals surface area contributed by atoms with Crippen LogP contribution in [0.2, 0.25) is 0 Å². The topological polar surface area (TPSA) is 46.6 Å². The standard InChI is InChI=1S/C12H20BrNO3/c1-2-3-8-17-12(16)14-6-4-10(5-7-14)11(15)9-13/h10H,2-9H2,1H3. The molecule has 1 amide bonds. The molecule has 1 heterocycles. The number of hydrogen-bond acceptors (Lipinski definition) is 3. The first kappa shape index (κ1) is 14.5. The van der Waals surface area contributed by atoms with Crippen molar-refractivity contribution in [2.24, 2.45) is 5.92 Å². The molecule has 0 N–H and O–H groups in total. The van der Waals surface area contributed by atoms with E-state index in [1.54, 1.807) is 4.90 Å². The van der Waals surface area contributed by atoms with Gasteiger partial charge in [-0.15, -0.1) is 0 Å². The maximum absolute atomic E-state index is 11.6. The van der Waals surface area contributed by atoms with E-state index < -0.39 is 0 Å². The Morgan fingerprint density at radius 1 is 1.35 bits per heavy atom. The van der Waals surface area contributed by atoms with Crippen LogP contribution in [0.1, 0.15) is 32.6 Å². The van der Waals surface area contributed by atoms with Crippen molar-refractivity contribution in [1.82, 2.24) is 4.90 Å². The van der Waals surface area contributed by atoms with Crippen molar-refractivity contribution in [2.45, 2.75) is 32.6 Å². The molecule has 0 aromatic rings. The zero-order valence-electron chi connectivity index (χ0n) is 10.3. The number of unbranched alkanes of at least 4 members (excludes halogenated alkanes) is 1. The van der Waals surface area contributed by atoms with Crippen LogP contribution in [0.25, 0.3) is 0 Å². The van der Waals surface area contributed by atoms with Gasteiger partial charge in [0.2, 0.25) is 0 Å². The Bertz CT molecular complexity index is 262. The maximum atomic E-state index is 11.6. The zero-order valence-corrected chi connectivity index (χ0v) is 11.9. The second kappa shape index (κ2) is 7.69. The van der Waals surface area contributed by atoms with Crippen molar-refractivity contribution in [3.05, 3.63) is 0 Å². The van der Waals surface area contributed by atoms with E-state index in [1.165, 1.54) is 0 Å². The molecule has 4 nitrogen and oxygen atoms in total. The van der Waals surface area contributed by atoms with Gasteiger partial charge in [0.25, 0.3) is 0 Å². The highest BCUT2D eigenvalue weighted by Gasteiger charge is 2.27. The summed E-state index contributed by atoms with van der Waals surface area (Å²) in [4.78, 5) is 24.8. The summed E-state index contributed by atoms with van der Waals surface area (Å²) < 4.78 is 5.14. The predicted molar refractivity (Wildman–Crippen MR) is 69.4 cm³/mol. The first-order chi connectivity index (χ1) is 8.19. The molecule has 1 fully saturated rings. The Morgan fingerprint density at radius 3 is 2.53 bits per heavy atom. The van der Waals surface area contributed by atoms with Gasteiger partial charge in [-0.2, -0.15) is 0 Å². The Hall–Kier alpha value is -0.580. The Morgan fingerprint density at radius 2 is 2.00 bits per heavy atom. The minimum atomic E-state index is -0.233. The second-order valence-electron chi connectivity index (χ2n) is 4.33. The molecule has 0 aromatic heterocycles. The largest absolute Gasteiger partial charge is 0.449 e. The maximum Gasteiger partial charge on any atom is 0.409 e. The smallest absolute Gasteiger partial charge is 0.409 e. The third-order valence-corrected chi connectivity index (χ3v) is 3.62. The van der Waals surface area contributed by atoms with Gasteiger partial charge in [0, 0.05) is 19.0 Å². The molecule has 1 rings (SSSR count). The molecule has 0 bridgehead atoms. The van der Waals surface area contributed by atoms with E-state index in [0.717, 1.165) is 25.7 Å². The fraction of sp³-hybridized carbons (Fsp3) is 0.833. The van der Waals surface area contributed by atoms with Crippen LogP contribution in [0.5, 0.6) is 0 Å². The SMILES string of the molecule is CCCCOC(=O)N1CCC(C(=O)CBr)CC1. The number of hydrogen-bond donors (Lipinski definition) is 0. The van der Waals surface area contributed by atoms with Crippen LogP contribution >= 0.6 is 15.9 Å². The lowest BCUT2D eigenvalue weighted by molar-refractivity contribution is -0.121. The van der Waals surface area contributed by atoms with Gasteiger partial charge in [-0.25, -0.2) is 4.79 Å². The minimum Gasteiger partial charge on any atom is -0.449 e. The zero-order chi connectivity index (χ0) is 12.7. The molecule has 5 heteroatoms. The number of Topliss-reactive ketones (excluding diaryl/α,β-unsaturated/α-hetero) is 1. The highest BCUT2D eigenvalue weighted by molar-refractivity contribution is 9.09. The number of alkyl halides is 1. The average Bonchev–Trinajstić information content (AvgIpc) is 2.38. The van der Waals surface area contributed by atoms with Gasteiger partial charge in [-0.05, 0) is 19.3 Å². The highest BCUT2D eigenvalue weighted by atomic mass is 79.9. The Labute approximate surface area is 111 Å². The van der Waals surface area contributed by atoms with Crippen molar-refractivity contribution in [3.8, 4) is 0 Å². The average molecular weight is 306 g/mol. The number of likely N-dealkylation sites (tertiary alicyclic amines) is 1. The van der Waals surface area contributed by atoms with E-state index in [4.69, 9.17) is 4.74 Å². The monoisotopic (exact) mass is 305 g/mol. The summed E-state index contributed by atoms with van der Waals surface area (Å²) in [5.41, 5.74) is 0. The third kappa shape index (κ3) is 4.66. The number of carbonyl (C=O) groups excluding carboxylic acids is 2. The molecule has 0 radical (unpaired) electrons. The van der Waals surface area contributed by atoms with Gasteiger partial charge in [0.15, 0.2) is 0 Å². The molecule has 98 valence electrons. The molecule has 0 aromatic carbocycles. The van der Waals surface area contributed by atoms with Gasteiger partial charge in [-0.1, -0.05) is 29.3 Å². The normalized spacial score (nSPS) is 16.9. The van der Waals surface area contributed by atoms with Gasteiger partial charge in [-0.3, -0.25) is 4.79 Å². The van der Waals surface area contributed by atoms with Gasteiger partial charge in [0.1, 0.15) is 5.78 Å². The fourth-order valence-corrected chi connectivity index (χ4v) is 2.35. The minimum absolute atomic E-state index is 0.106. The van der Waals surface area contributed by atoms with Crippen molar-refractivity contribution < 1.29 is 14.3 Å². The first-order valence-electron chi connectivity index (χ1n) is 6.19. The highest BCUT2D eigenvalue weighted by Crippen LogP contribution is 2.19. The molecular weight excluding hydrogens is 286 g/mol. The Kier molecular flexibility index (Phi) is 6.55. The van der Waals surface area contributed by atoms with Crippen molar-refractivity contribution in [2.75, 3.05) is 25.0 Å². The van der Waals surface area contributed by atoms with Gasteiger partial charge < -0.3 is 9.64 Å². The summed E-state index contributed by atoms with van der Waals surface area (Å²) >= 11 is 3.18. The van der Waals surface area contributed by atoms with E-state index in [2.05, 4.69) is 22.9 Å². The molecule has 0 atom stereocenters. The van der Waals surface area contributed by atoms with E-state index in [0.29, 0.717) is 25.0 Å². The van der Waals surface area contributed by atoms with Crippen LogP contribution in [-0.4, -0.2) is 41.8 Å². The molecule has 1 aliphatic heterocycles. The number of ketones is 1. The molecule has 1 aliphatic rings. The lowest BCUT2D eigenvalue weighted by Gasteiger charge is -2.30. The lowest BCUT2D eigenvalue weighted by atomic mass is 9.94. The molecule has 0 aliphatic carbocycles. The van der Waals surface area contributed by atoms with Crippen molar-refractivity contribution in [1.29, 1.82) is 0 Å². The molecule has 0 unspecified atom stereocenters. The number of piperidine rings is 1. The van der Waals surface area contributed by atoms with Crippen LogP contribution < -0.4 is 0 Å². The summed E-state index contributed by atoms with van der Waals surface area (Å²) in [7, 11) is 0. The van der Waals surface area contributed by atoms with Crippen molar-refractivity contribution >= 4 is 27.8 Å². The first-order valence-corrected chi connectivity index (χ1v) is 7.31. The predicted octanol–water partition coefficient (Wildman–Crippen LogP) is 2.60. The molecular formula is C12H20BrNO3. The number of rotatable bonds is 5. The van der Waals surface area contributed by atoms with E-state index in [9.17, 15) is 9.59 Å². The number of ether oxygens (including phenoxy) is 1. The molecule has 1 saturated heterocycles. The molecule has 0 saturated carbocycles. The number of nitrogens with zero attached hydrogens (tertiary/aromatic N) is 1. The summed E-state index contributed by atoms with van der Waals surface area (Å²) in [6.07, 6.45) is 3.21.